The number of aryl methyl sites for hydroxylation is 1. The van der Waals surface area contributed by atoms with Crippen LogP contribution in [-0.2, 0) is 73.5 Å². The van der Waals surface area contributed by atoms with E-state index < -0.39 is 0 Å². The molecule has 3 aliphatic rings. The number of ether oxygens (including phenoxy) is 9. The van der Waals surface area contributed by atoms with Crippen LogP contribution in [0.1, 0.15) is 92.4 Å². The summed E-state index contributed by atoms with van der Waals surface area (Å²) in [6.07, 6.45) is 8.47. The third-order valence-corrected chi connectivity index (χ3v) is 12.5. The van der Waals surface area contributed by atoms with E-state index in [4.69, 9.17) is 47.6 Å². The van der Waals surface area contributed by atoms with E-state index in [1.165, 1.54) is 24.9 Å². The monoisotopic (exact) mass is 959 g/mol. The van der Waals surface area contributed by atoms with E-state index in [1.54, 1.807) is 15.6 Å². The van der Waals surface area contributed by atoms with Crippen LogP contribution in [0.3, 0.4) is 0 Å². The van der Waals surface area contributed by atoms with Crippen molar-refractivity contribution < 1.29 is 56.6 Å². The van der Waals surface area contributed by atoms with E-state index in [9.17, 15) is 14.0 Å². The Morgan fingerprint density at radius 2 is 1.41 bits per heavy atom. The average molecular weight is 959 g/mol. The Labute approximate surface area is 400 Å². The van der Waals surface area contributed by atoms with Crippen molar-refractivity contribution in [2.24, 2.45) is 0 Å². The van der Waals surface area contributed by atoms with E-state index in [1.807, 2.05) is 12.3 Å². The minimum absolute atomic E-state index is 0.141. The summed E-state index contributed by atoms with van der Waals surface area (Å²) in [6, 6.07) is 7.39. The standard InChI is InChI=1S/C48H75FN8O11/c1-4-16-61-19-22-64-25-26-66-24-21-63-18-15-55-34-40(52-53-55)36-68-30-29-67-28-27-65-23-20-62-17-12-47(58)51-44(38-6-5-7-39(49)31-38)10-14-56-41-8-9-42(56)33-43(32-41)57-37(2)50-45-35-54(48(59)60-3)13-11-46(45)57/h5-7,31,34,41-44H,4,8-30,32-33,35-36H2,1-3H3,(H,51,58)/t41?,42?,43?,44-/m0/s1. The van der Waals surface area contributed by atoms with Crippen LogP contribution in [-0.4, -0.2) is 178 Å². The van der Waals surface area contributed by atoms with Crippen LogP contribution in [0, 0.1) is 12.7 Å². The molecule has 0 saturated carbocycles. The van der Waals surface area contributed by atoms with E-state index in [0.29, 0.717) is 137 Å². The SMILES string of the molecule is CCCOCCOCCOCCOCCn1cc(COCCOCCOCCOCCC(=O)N[C@@H](CCN2C3CCC2CC(n2c(C)nc4c2CCN(C(=O)OC)C4)C3)c2cccc(F)c2)nn1. The summed E-state index contributed by atoms with van der Waals surface area (Å²) in [6.45, 7) is 14.1. The molecule has 2 fully saturated rings. The fraction of sp³-hybridized carbons (Fsp3) is 0.729. The molecule has 2 amide bonds. The lowest BCUT2D eigenvalue weighted by molar-refractivity contribution is -0.123. The quantitative estimate of drug-likeness (QED) is 0.0820. The third kappa shape index (κ3) is 17.4. The van der Waals surface area contributed by atoms with Crippen LogP contribution < -0.4 is 5.32 Å². The van der Waals surface area contributed by atoms with Crippen molar-refractivity contribution in [3.8, 4) is 0 Å². The van der Waals surface area contributed by atoms with Crippen molar-refractivity contribution in [2.75, 3.05) is 119 Å². The minimum atomic E-state index is -0.328. The summed E-state index contributed by atoms with van der Waals surface area (Å²) in [7, 11) is 1.41. The van der Waals surface area contributed by atoms with Gasteiger partial charge in [-0.05, 0) is 63.1 Å². The first kappa shape index (κ1) is 53.2. The second kappa shape index (κ2) is 29.8. The molecule has 0 spiro atoms. The number of hydrogen-bond acceptors (Lipinski definition) is 15. The average Bonchev–Trinajstić information content (AvgIpc) is 4.01. The molecule has 2 saturated heterocycles. The third-order valence-electron chi connectivity index (χ3n) is 12.5. The number of imidazole rings is 1. The van der Waals surface area contributed by atoms with Gasteiger partial charge in [-0.15, -0.1) is 5.10 Å². The molecular weight excluding hydrogens is 884 g/mol. The Hall–Kier alpha value is -4.12. The van der Waals surface area contributed by atoms with E-state index in [0.717, 1.165) is 74.5 Å². The minimum Gasteiger partial charge on any atom is -0.453 e. The number of carbonyl (C=O) groups excluding carboxylic acids is 2. The molecule has 6 rings (SSSR count). The Kier molecular flexibility index (Phi) is 23.3. The molecule has 5 heterocycles. The molecule has 3 aromatic rings. The van der Waals surface area contributed by atoms with E-state index in [2.05, 4.69) is 38.9 Å². The first-order valence-corrected chi connectivity index (χ1v) is 24.5. The van der Waals surface area contributed by atoms with Crippen LogP contribution in [0.5, 0.6) is 0 Å². The van der Waals surface area contributed by atoms with Gasteiger partial charge in [-0.3, -0.25) is 9.69 Å². The number of fused-ring (bicyclic) bond motifs is 3. The van der Waals surface area contributed by atoms with Gasteiger partial charge in [0, 0.05) is 56.4 Å². The molecule has 20 heteroatoms. The number of hydrogen-bond donors (Lipinski definition) is 1. The first-order chi connectivity index (χ1) is 33.3. The number of aromatic nitrogens is 5. The molecule has 2 aromatic heterocycles. The van der Waals surface area contributed by atoms with Gasteiger partial charge in [0.25, 0.3) is 0 Å². The van der Waals surface area contributed by atoms with Crippen molar-refractivity contribution in [1.29, 1.82) is 0 Å². The number of carbonyl (C=O) groups is 2. The second-order valence-corrected chi connectivity index (χ2v) is 17.3. The number of piperidine rings is 1. The van der Waals surface area contributed by atoms with Gasteiger partial charge in [0.1, 0.15) is 17.3 Å². The van der Waals surface area contributed by atoms with E-state index >= 15 is 0 Å². The number of amides is 2. The normalized spacial score (nSPS) is 18.5. The van der Waals surface area contributed by atoms with Crippen molar-refractivity contribution in [3.05, 3.63) is 64.7 Å². The molecule has 380 valence electrons. The number of nitrogens with zero attached hydrogens (tertiary/aromatic N) is 7. The fourth-order valence-electron chi connectivity index (χ4n) is 9.30. The van der Waals surface area contributed by atoms with Gasteiger partial charge in [-0.25, -0.2) is 18.9 Å². The lowest BCUT2D eigenvalue weighted by Crippen LogP contribution is -2.45. The Morgan fingerprint density at radius 3 is 2.04 bits per heavy atom. The zero-order valence-electron chi connectivity index (χ0n) is 40.5. The molecule has 0 aliphatic carbocycles. The lowest BCUT2D eigenvalue weighted by atomic mass is 9.94. The lowest BCUT2D eigenvalue weighted by Gasteiger charge is -2.41. The number of rotatable bonds is 34. The predicted molar refractivity (Wildman–Crippen MR) is 247 cm³/mol. The summed E-state index contributed by atoms with van der Waals surface area (Å²) < 4.78 is 68.1. The molecule has 3 aliphatic heterocycles. The van der Waals surface area contributed by atoms with Crippen LogP contribution in [0.25, 0.3) is 0 Å². The predicted octanol–water partition coefficient (Wildman–Crippen LogP) is 4.60. The zero-order valence-corrected chi connectivity index (χ0v) is 40.5. The molecule has 19 nitrogen and oxygen atoms in total. The van der Waals surface area contributed by atoms with E-state index in [-0.39, 0.29) is 36.9 Å². The van der Waals surface area contributed by atoms with Crippen LogP contribution in [0.2, 0.25) is 0 Å². The number of nitrogens with one attached hydrogen (secondary N) is 1. The molecule has 2 bridgehead atoms. The van der Waals surface area contributed by atoms with Gasteiger partial charge in [0.2, 0.25) is 5.91 Å². The Balaban J connectivity index is 0.774. The number of benzene rings is 1. The van der Waals surface area contributed by atoms with Crippen molar-refractivity contribution >= 4 is 12.0 Å². The molecule has 1 aromatic carbocycles. The molecule has 3 atom stereocenters. The second-order valence-electron chi connectivity index (χ2n) is 17.3. The fourth-order valence-corrected chi connectivity index (χ4v) is 9.30. The maximum atomic E-state index is 14.4. The van der Waals surface area contributed by atoms with Gasteiger partial charge in [0.15, 0.2) is 0 Å². The molecular formula is C48H75FN8O11. The number of halogens is 1. The molecule has 2 unspecified atom stereocenters. The highest BCUT2D eigenvalue weighted by atomic mass is 19.1. The summed E-state index contributed by atoms with van der Waals surface area (Å²) in [5, 5.41) is 11.4. The van der Waals surface area contributed by atoms with Crippen LogP contribution in [0.4, 0.5) is 9.18 Å². The summed E-state index contributed by atoms with van der Waals surface area (Å²) in [5.74, 6) is 0.538. The van der Waals surface area contributed by atoms with Gasteiger partial charge in [0.05, 0.1) is 137 Å². The first-order valence-electron chi connectivity index (χ1n) is 24.5. The van der Waals surface area contributed by atoms with Crippen molar-refractivity contribution in [3.63, 3.8) is 0 Å². The smallest absolute Gasteiger partial charge is 0.409 e. The molecule has 0 radical (unpaired) electrons. The summed E-state index contributed by atoms with van der Waals surface area (Å²) >= 11 is 0. The zero-order chi connectivity index (χ0) is 47.8. The van der Waals surface area contributed by atoms with Gasteiger partial charge < -0.3 is 57.4 Å². The topological polar surface area (TPSA) is 184 Å². The van der Waals surface area contributed by atoms with Crippen LogP contribution >= 0.6 is 0 Å². The molecule has 68 heavy (non-hydrogen) atoms. The Morgan fingerprint density at radius 1 is 0.794 bits per heavy atom. The van der Waals surface area contributed by atoms with Crippen molar-refractivity contribution in [1.82, 2.24) is 39.7 Å². The maximum absolute atomic E-state index is 14.4. The van der Waals surface area contributed by atoms with Crippen LogP contribution in [0.15, 0.2) is 30.5 Å². The maximum Gasteiger partial charge on any atom is 0.409 e. The number of methoxy groups -OCH3 is 1. The molecule has 1 N–H and O–H groups in total. The highest BCUT2D eigenvalue weighted by Crippen LogP contribution is 2.43. The van der Waals surface area contributed by atoms with Gasteiger partial charge >= 0.3 is 6.09 Å². The van der Waals surface area contributed by atoms with Gasteiger partial charge in [-0.1, -0.05) is 24.3 Å². The summed E-state index contributed by atoms with van der Waals surface area (Å²) in [4.78, 5) is 34.6. The largest absolute Gasteiger partial charge is 0.453 e. The Bertz CT molecular complexity index is 1910. The highest BCUT2D eigenvalue weighted by Gasteiger charge is 2.42. The van der Waals surface area contributed by atoms with Gasteiger partial charge in [-0.2, -0.15) is 0 Å². The highest BCUT2D eigenvalue weighted by molar-refractivity contribution is 5.76. The summed E-state index contributed by atoms with van der Waals surface area (Å²) in [5.41, 5.74) is 3.70. The van der Waals surface area contributed by atoms with Crippen molar-refractivity contribution in [2.45, 2.75) is 109 Å².